The Morgan fingerprint density at radius 1 is 1.28 bits per heavy atom. The molecule has 0 rings (SSSR count). The Balaban J connectivity index is 0. The zero-order valence-corrected chi connectivity index (χ0v) is 9.72. The second kappa shape index (κ2) is 8.21. The van der Waals surface area contributed by atoms with Crippen LogP contribution in [-0.2, 0) is 20.0 Å². The van der Waals surface area contributed by atoms with Crippen LogP contribution in [0.3, 0.4) is 0 Å². The first kappa shape index (κ1) is 18.4. The molecule has 0 fully saturated rings. The van der Waals surface area contributed by atoms with Crippen LogP contribution < -0.4 is 11.1 Å². The van der Waals surface area contributed by atoms with Crippen molar-refractivity contribution in [2.45, 2.75) is 18.9 Å². The fourth-order valence-corrected chi connectivity index (χ4v) is 0.713. The maximum absolute atomic E-state index is 10.4. The van der Waals surface area contributed by atoms with Crippen molar-refractivity contribution >= 4 is 28.3 Å². The molecule has 0 spiro atoms. The van der Waals surface area contributed by atoms with Gasteiger partial charge < -0.3 is 21.3 Å². The van der Waals surface area contributed by atoms with Crippen LogP contribution in [0.1, 0.15) is 12.8 Å². The van der Waals surface area contributed by atoms with E-state index in [1.165, 1.54) is 0 Å². The van der Waals surface area contributed by atoms with Crippen LogP contribution in [-0.4, -0.2) is 51.7 Å². The van der Waals surface area contributed by atoms with E-state index in [0.717, 1.165) is 0 Å². The molecule has 0 saturated carbocycles. The minimum Gasteiger partial charge on any atom is -0.481 e. The van der Waals surface area contributed by atoms with Gasteiger partial charge in [0.1, 0.15) is 6.04 Å². The van der Waals surface area contributed by atoms with Crippen LogP contribution in [0.2, 0.25) is 0 Å². The van der Waals surface area contributed by atoms with Crippen LogP contribution in [0, 0.1) is 5.41 Å². The molecular formula is C6H13N3O8S. The first-order chi connectivity index (χ1) is 7.93. The molecule has 0 saturated heterocycles. The summed E-state index contributed by atoms with van der Waals surface area (Å²) in [6, 6.07) is -1.12. The van der Waals surface area contributed by atoms with Gasteiger partial charge >= 0.3 is 22.3 Å². The fraction of sp³-hybridized carbons (Fsp3) is 0.500. The van der Waals surface area contributed by atoms with Gasteiger partial charge in [0.05, 0.1) is 0 Å². The minimum absolute atomic E-state index is 0.107. The third-order valence-electron chi connectivity index (χ3n) is 1.27. The Kier molecular flexibility index (Phi) is 8.42. The van der Waals surface area contributed by atoms with Crippen molar-refractivity contribution in [2.24, 2.45) is 5.73 Å². The summed E-state index contributed by atoms with van der Waals surface area (Å²) in [5, 5.41) is 25.7. The zero-order chi connectivity index (χ0) is 14.9. The van der Waals surface area contributed by atoms with Gasteiger partial charge in [0.25, 0.3) is 0 Å². The van der Waals surface area contributed by atoms with Gasteiger partial charge in [0.15, 0.2) is 5.96 Å². The molecule has 0 bridgehead atoms. The summed E-state index contributed by atoms with van der Waals surface area (Å²) >= 11 is 0. The average Bonchev–Trinajstić information content (AvgIpc) is 2.07. The summed E-state index contributed by atoms with van der Waals surface area (Å²) in [4.78, 5) is 20.5. The quantitative estimate of drug-likeness (QED) is 0.170. The summed E-state index contributed by atoms with van der Waals surface area (Å²) in [6.07, 6.45) is -0.387. The van der Waals surface area contributed by atoms with E-state index in [9.17, 15) is 9.59 Å². The van der Waals surface area contributed by atoms with E-state index in [2.05, 4.69) is 5.32 Å². The number of aliphatic carboxylic acids is 2. The number of hydrogen-bond acceptors (Lipinski definition) is 5. The Bertz CT molecular complexity index is 397. The van der Waals surface area contributed by atoms with Gasteiger partial charge in [-0.3, -0.25) is 19.3 Å². The topological polar surface area (TPSA) is 211 Å². The van der Waals surface area contributed by atoms with Gasteiger partial charge in [-0.1, -0.05) is 0 Å². The smallest absolute Gasteiger partial charge is 0.394 e. The predicted molar refractivity (Wildman–Crippen MR) is 57.5 cm³/mol. The van der Waals surface area contributed by atoms with Crippen molar-refractivity contribution in [3.8, 4) is 0 Å². The van der Waals surface area contributed by atoms with Gasteiger partial charge in [-0.15, -0.1) is 0 Å². The van der Waals surface area contributed by atoms with Crippen molar-refractivity contribution in [1.29, 1.82) is 5.41 Å². The molecule has 0 aliphatic carbocycles. The molecule has 0 aromatic carbocycles. The van der Waals surface area contributed by atoms with Crippen molar-refractivity contribution in [3.05, 3.63) is 0 Å². The van der Waals surface area contributed by atoms with Crippen LogP contribution in [0.25, 0.3) is 0 Å². The van der Waals surface area contributed by atoms with Crippen molar-refractivity contribution in [3.63, 3.8) is 0 Å². The van der Waals surface area contributed by atoms with Gasteiger partial charge in [0, 0.05) is 6.42 Å². The molecule has 8 N–H and O–H groups in total. The number of carboxylic acids is 2. The fourth-order valence-electron chi connectivity index (χ4n) is 0.713. The average molecular weight is 287 g/mol. The van der Waals surface area contributed by atoms with E-state index in [-0.39, 0.29) is 12.8 Å². The van der Waals surface area contributed by atoms with E-state index in [1.54, 1.807) is 0 Å². The molecule has 0 radical (unpaired) electrons. The third kappa shape index (κ3) is 19.6. The highest BCUT2D eigenvalue weighted by atomic mass is 32.3. The van der Waals surface area contributed by atoms with Gasteiger partial charge in [0.2, 0.25) is 0 Å². The summed E-state index contributed by atoms with van der Waals surface area (Å²) in [7, 11) is -4.67. The Morgan fingerprint density at radius 2 is 1.67 bits per heavy atom. The Morgan fingerprint density at radius 3 is 1.89 bits per heavy atom. The van der Waals surface area contributed by atoms with E-state index in [4.69, 9.17) is 38.9 Å². The number of nitrogens with one attached hydrogen (secondary N) is 2. The number of carbonyl (C=O) groups is 2. The van der Waals surface area contributed by atoms with Crippen LogP contribution >= 0.6 is 0 Å². The lowest BCUT2D eigenvalue weighted by Gasteiger charge is -2.12. The normalized spacial score (nSPS) is 11.7. The maximum atomic E-state index is 10.4. The molecule has 18 heavy (non-hydrogen) atoms. The maximum Gasteiger partial charge on any atom is 0.394 e. The number of nitrogens with two attached hydrogens (primary N) is 1. The van der Waals surface area contributed by atoms with Gasteiger partial charge in [-0.2, -0.15) is 8.42 Å². The molecule has 0 aromatic heterocycles. The van der Waals surface area contributed by atoms with Crippen molar-refractivity contribution in [2.75, 3.05) is 0 Å². The lowest BCUT2D eigenvalue weighted by Crippen LogP contribution is -2.44. The lowest BCUT2D eigenvalue weighted by atomic mass is 10.1. The second-order valence-electron chi connectivity index (χ2n) is 2.83. The summed E-state index contributed by atoms with van der Waals surface area (Å²) in [5.74, 6) is -2.80. The highest BCUT2D eigenvalue weighted by Crippen LogP contribution is 1.97. The van der Waals surface area contributed by atoms with E-state index in [1.807, 2.05) is 0 Å². The highest BCUT2D eigenvalue weighted by Gasteiger charge is 2.18. The van der Waals surface area contributed by atoms with Gasteiger partial charge in [-0.05, 0) is 6.42 Å². The van der Waals surface area contributed by atoms with Crippen LogP contribution in [0.15, 0.2) is 0 Å². The monoisotopic (exact) mass is 287 g/mol. The summed E-state index contributed by atoms with van der Waals surface area (Å²) in [5.41, 5.74) is 4.90. The van der Waals surface area contributed by atoms with Gasteiger partial charge in [-0.25, -0.2) is 4.79 Å². The molecule has 0 aliphatic heterocycles. The molecule has 1 atom stereocenters. The Hall–Kier alpha value is -1.92. The molecule has 0 heterocycles. The number of rotatable bonds is 5. The third-order valence-corrected chi connectivity index (χ3v) is 1.27. The molecule has 12 heteroatoms. The van der Waals surface area contributed by atoms with E-state index >= 15 is 0 Å². The number of carboxylic acid groups (broad SMARTS) is 2. The largest absolute Gasteiger partial charge is 0.481 e. The zero-order valence-electron chi connectivity index (χ0n) is 8.90. The van der Waals surface area contributed by atoms with E-state index in [0.29, 0.717) is 0 Å². The molecule has 11 nitrogen and oxygen atoms in total. The molecule has 106 valence electrons. The number of guanidine groups is 1. The first-order valence-electron chi connectivity index (χ1n) is 4.18. The predicted octanol–water partition coefficient (Wildman–Crippen LogP) is -1.87. The molecule has 0 aliphatic rings. The summed E-state index contributed by atoms with van der Waals surface area (Å²) < 4.78 is 31.6. The molecule has 0 unspecified atom stereocenters. The van der Waals surface area contributed by atoms with Crippen molar-refractivity contribution < 1.29 is 37.3 Å². The Labute approximate surface area is 102 Å². The SMILES string of the molecule is N=C(N)N[C@@H](CCC(=O)O)C(=O)O.O=S(=O)(O)O. The van der Waals surface area contributed by atoms with Crippen LogP contribution in [0.4, 0.5) is 0 Å². The minimum atomic E-state index is -4.67. The molecule has 0 amide bonds. The molecular weight excluding hydrogens is 274 g/mol. The second-order valence-corrected chi connectivity index (χ2v) is 3.72. The summed E-state index contributed by atoms with van der Waals surface area (Å²) in [6.45, 7) is 0. The standard InChI is InChI=1S/C6H11N3O4.H2O4S/c7-6(8)9-3(5(12)13)1-2-4(10)11;1-5(2,3)4/h3H,1-2H2,(H,10,11)(H,12,13)(H4,7,8,9);(H2,1,2,3,4)/t3-;/m0./s1. The highest BCUT2D eigenvalue weighted by molar-refractivity contribution is 7.79. The lowest BCUT2D eigenvalue weighted by molar-refractivity contribution is -0.140. The first-order valence-corrected chi connectivity index (χ1v) is 5.58. The molecule has 0 aromatic rings. The van der Waals surface area contributed by atoms with Crippen molar-refractivity contribution in [1.82, 2.24) is 5.32 Å². The van der Waals surface area contributed by atoms with Crippen LogP contribution in [0.5, 0.6) is 0 Å². The number of hydrogen-bond donors (Lipinski definition) is 7. The van der Waals surface area contributed by atoms with E-state index < -0.39 is 34.3 Å².